The van der Waals surface area contributed by atoms with Crippen molar-refractivity contribution in [2.45, 2.75) is 152 Å². The lowest BCUT2D eigenvalue weighted by molar-refractivity contribution is -0.136. The van der Waals surface area contributed by atoms with Crippen LogP contribution in [0, 0.1) is 5.92 Å². The molecule has 1 aliphatic heterocycles. The number of amides is 11. The van der Waals surface area contributed by atoms with E-state index in [-0.39, 0.29) is 86.2 Å². The van der Waals surface area contributed by atoms with Crippen LogP contribution in [0.3, 0.4) is 0 Å². The lowest BCUT2D eigenvalue weighted by atomic mass is 10.0. The first-order valence-corrected chi connectivity index (χ1v) is 26.7. The fourth-order valence-electron chi connectivity index (χ4n) is 7.87. The van der Waals surface area contributed by atoms with Crippen LogP contribution in [0.25, 0.3) is 0 Å². The summed E-state index contributed by atoms with van der Waals surface area (Å²) in [6, 6.07) is -11.0. The number of aliphatic hydroxyl groups is 2. The Bertz CT molecular complexity index is 2280. The second-order valence-corrected chi connectivity index (χ2v) is 20.0. The van der Waals surface area contributed by atoms with Gasteiger partial charge in [-0.25, -0.2) is 0 Å². The van der Waals surface area contributed by atoms with Crippen molar-refractivity contribution in [2.75, 3.05) is 39.3 Å². The summed E-state index contributed by atoms with van der Waals surface area (Å²) in [4.78, 5) is 151. The van der Waals surface area contributed by atoms with Gasteiger partial charge in [0.25, 0.3) is 5.91 Å². The topological polar surface area (TPSA) is 491 Å². The van der Waals surface area contributed by atoms with Gasteiger partial charge in [-0.15, -0.1) is 0 Å². The lowest BCUT2D eigenvalue weighted by Crippen LogP contribution is -2.62. The van der Waals surface area contributed by atoms with Gasteiger partial charge in [0.05, 0.1) is 22.8 Å². The van der Waals surface area contributed by atoms with Crippen LogP contribution in [0.5, 0.6) is 0 Å². The number of nitrogens with two attached hydrogens (primary N) is 5. The van der Waals surface area contributed by atoms with Crippen LogP contribution in [0.15, 0.2) is 18.2 Å². The molecule has 0 aromatic heterocycles. The Labute approximate surface area is 467 Å². The molecule has 1 unspecified atom stereocenters. The third-order valence-corrected chi connectivity index (χ3v) is 12.8. The maximum absolute atomic E-state index is 14.3. The molecule has 0 bridgehead atoms. The van der Waals surface area contributed by atoms with Crippen molar-refractivity contribution in [2.24, 2.45) is 34.6 Å². The number of nitrogens with one attached hydrogen (secondary N) is 11. The first kappa shape index (κ1) is 68.8. The van der Waals surface area contributed by atoms with Crippen molar-refractivity contribution in [3.63, 3.8) is 0 Å². The Kier molecular flexibility index (Phi) is 30.2. The number of benzene rings is 1. The van der Waals surface area contributed by atoms with Crippen molar-refractivity contribution in [1.29, 1.82) is 0 Å². The normalized spacial score (nSPS) is 23.3. The molecular weight excluding hydrogens is 1080 g/mol. The minimum absolute atomic E-state index is 0.00260. The number of halogens is 2. The van der Waals surface area contributed by atoms with E-state index in [1.165, 1.54) is 25.1 Å². The van der Waals surface area contributed by atoms with Crippen molar-refractivity contribution >= 4 is 88.2 Å². The summed E-state index contributed by atoms with van der Waals surface area (Å²) < 4.78 is 0. The molecule has 0 radical (unpaired) electrons. The quantitative estimate of drug-likeness (QED) is 0.0513. The molecule has 0 spiro atoms. The average molecular weight is 1160 g/mol. The Morgan fingerprint density at radius 1 is 0.620 bits per heavy atom. The van der Waals surface area contributed by atoms with Gasteiger partial charge in [0.15, 0.2) is 0 Å². The third kappa shape index (κ3) is 22.4. The van der Waals surface area contributed by atoms with Crippen molar-refractivity contribution in [3.8, 4) is 0 Å². The molecule has 1 aromatic rings. The second kappa shape index (κ2) is 34.6. The molecule has 0 saturated carbocycles. The van der Waals surface area contributed by atoms with Crippen molar-refractivity contribution in [1.82, 2.24) is 58.5 Å². The molecular formula is C48H80Cl2N16O13. The van der Waals surface area contributed by atoms with E-state index >= 15 is 0 Å². The van der Waals surface area contributed by atoms with Gasteiger partial charge in [0.1, 0.15) is 60.4 Å². The van der Waals surface area contributed by atoms with Gasteiger partial charge >= 0.3 is 0 Å². The number of hydrogen-bond acceptors (Lipinski definition) is 18. The maximum atomic E-state index is 14.3. The molecule has 12 atom stereocenters. The smallest absolute Gasteiger partial charge is 0.253 e. The van der Waals surface area contributed by atoms with Gasteiger partial charge in [-0.05, 0) is 109 Å². The van der Waals surface area contributed by atoms with Crippen LogP contribution in [-0.4, -0.2) is 187 Å². The van der Waals surface area contributed by atoms with Crippen LogP contribution in [0.1, 0.15) is 89.9 Å². The van der Waals surface area contributed by atoms with E-state index in [1.807, 2.05) is 0 Å². The number of carbonyl (C=O) groups is 11. The lowest BCUT2D eigenvalue weighted by Gasteiger charge is -2.28. The fourth-order valence-corrected chi connectivity index (χ4v) is 8.37. The van der Waals surface area contributed by atoms with Crippen LogP contribution >= 0.6 is 23.2 Å². The SMILES string of the molecule is CC[C@@H]1NC(=O)[C@@H](CC(C)C)NC(=O)[C@H](CCN)NC(=O)[C@@H](NC(=O)[C@H](CN)NC(=O)[C@@H](NC(=O)[C@H](CCN)NC(=O)c2ccc(Cl)cc2Cl)C(C)O)CCNC(=O)[C@H]([C@@H](C)O)NC(=O)[C@H](CCN)NC(=O)[C@H](CCN)NC1=O. The third-order valence-electron chi connectivity index (χ3n) is 12.3. The highest BCUT2D eigenvalue weighted by molar-refractivity contribution is 6.36. The zero-order valence-corrected chi connectivity index (χ0v) is 46.5. The standard InChI is InChI=1S/C48H80Cl2N16O13/c1-6-28-39(70)59-29(9-14-51)40(71)61-32(12-17-54)44(75)65-36(23(4)67)47(78)56-18-13-33(42(73)60-30(10-15-52)41(72)63-34(19-22(2)3)45(76)57-28)62-46(77)35(21-55)64-48(79)37(24(5)68)66-43(74)31(11-16-53)58-38(69)26-8-7-25(49)20-27(26)50/h7-8,20,22-24,28-37,67-68H,6,9-19,21,51-55H2,1-5H3,(H,56,78)(H,57,76)(H,58,69)(H,59,70)(H,60,73)(H,61,71)(H,62,77)(H,63,72)(H,64,79)(H,65,75)(H,66,74)/t23-,24?,28+,29+,30+,31+,32+,33+,34-,35+,36+,37+/m1/s1. The van der Waals surface area contributed by atoms with Crippen LogP contribution in [0.2, 0.25) is 10.0 Å². The first-order valence-electron chi connectivity index (χ1n) is 25.9. The minimum atomic E-state index is -1.79. The summed E-state index contributed by atoms with van der Waals surface area (Å²) in [5.41, 5.74) is 29.0. The van der Waals surface area contributed by atoms with Gasteiger partial charge in [-0.3, -0.25) is 52.7 Å². The van der Waals surface area contributed by atoms with Gasteiger partial charge < -0.3 is 97.4 Å². The zero-order chi connectivity index (χ0) is 59.7. The summed E-state index contributed by atoms with van der Waals surface area (Å²) >= 11 is 12.1. The molecule has 1 heterocycles. The Balaban J connectivity index is 2.59. The summed E-state index contributed by atoms with van der Waals surface area (Å²) in [7, 11) is 0. The van der Waals surface area contributed by atoms with E-state index in [0.717, 1.165) is 6.92 Å². The van der Waals surface area contributed by atoms with E-state index in [0.29, 0.717) is 0 Å². The highest BCUT2D eigenvalue weighted by Gasteiger charge is 2.37. The molecule has 444 valence electrons. The molecule has 23 N–H and O–H groups in total. The maximum Gasteiger partial charge on any atom is 0.253 e. The summed E-state index contributed by atoms with van der Waals surface area (Å²) in [6.07, 6.45) is -4.32. The van der Waals surface area contributed by atoms with Gasteiger partial charge in [-0.1, -0.05) is 44.0 Å². The molecule has 0 aliphatic carbocycles. The fraction of sp³-hybridized carbons (Fsp3) is 0.646. The molecule has 1 fully saturated rings. The molecule has 11 amide bonds. The number of carbonyl (C=O) groups excluding carboxylic acids is 11. The molecule has 1 aliphatic rings. The molecule has 1 aromatic carbocycles. The van der Waals surface area contributed by atoms with Crippen LogP contribution < -0.4 is 87.2 Å². The predicted octanol–water partition coefficient (Wildman–Crippen LogP) is -6.45. The van der Waals surface area contributed by atoms with Crippen LogP contribution in [0.4, 0.5) is 0 Å². The Morgan fingerprint density at radius 2 is 1.13 bits per heavy atom. The van der Waals surface area contributed by atoms with Crippen molar-refractivity contribution in [3.05, 3.63) is 33.8 Å². The number of rotatable bonds is 22. The van der Waals surface area contributed by atoms with Crippen LogP contribution in [-0.2, 0) is 47.9 Å². The first-order chi connectivity index (χ1) is 37.3. The highest BCUT2D eigenvalue weighted by atomic mass is 35.5. The predicted molar refractivity (Wildman–Crippen MR) is 290 cm³/mol. The van der Waals surface area contributed by atoms with Gasteiger partial charge in [0.2, 0.25) is 59.1 Å². The largest absolute Gasteiger partial charge is 0.391 e. The minimum Gasteiger partial charge on any atom is -0.391 e. The second-order valence-electron chi connectivity index (χ2n) is 19.2. The van der Waals surface area contributed by atoms with E-state index in [2.05, 4.69) is 58.5 Å². The summed E-state index contributed by atoms with van der Waals surface area (Å²) in [5.74, 6) is -10.7. The molecule has 29 nitrogen and oxygen atoms in total. The summed E-state index contributed by atoms with van der Waals surface area (Å²) in [6.45, 7) is 5.72. The zero-order valence-electron chi connectivity index (χ0n) is 45.0. The molecule has 79 heavy (non-hydrogen) atoms. The number of aliphatic hydroxyl groups excluding tert-OH is 2. The molecule has 2 rings (SSSR count). The van der Waals surface area contributed by atoms with E-state index in [9.17, 15) is 63.0 Å². The number of hydrogen-bond donors (Lipinski definition) is 18. The van der Waals surface area contributed by atoms with E-state index < -0.39 is 157 Å². The Hall–Kier alpha value is -6.31. The average Bonchev–Trinajstić information content (AvgIpc) is 3.38. The van der Waals surface area contributed by atoms with E-state index in [1.54, 1.807) is 20.8 Å². The van der Waals surface area contributed by atoms with Gasteiger partial charge in [0, 0.05) is 18.1 Å². The Morgan fingerprint density at radius 3 is 1.61 bits per heavy atom. The van der Waals surface area contributed by atoms with E-state index in [4.69, 9.17) is 51.9 Å². The van der Waals surface area contributed by atoms with Gasteiger partial charge in [-0.2, -0.15) is 0 Å². The monoisotopic (exact) mass is 1160 g/mol. The summed E-state index contributed by atoms with van der Waals surface area (Å²) in [5, 5.41) is 48.7. The molecule has 1 saturated heterocycles. The molecule has 31 heteroatoms. The van der Waals surface area contributed by atoms with Crippen molar-refractivity contribution < 1.29 is 63.0 Å². The highest BCUT2D eigenvalue weighted by Crippen LogP contribution is 2.21.